The van der Waals surface area contributed by atoms with Crippen molar-refractivity contribution in [1.82, 2.24) is 9.88 Å². The van der Waals surface area contributed by atoms with Crippen molar-refractivity contribution >= 4 is 16.8 Å². The van der Waals surface area contributed by atoms with Crippen molar-refractivity contribution in [2.75, 3.05) is 13.1 Å². The van der Waals surface area contributed by atoms with Gasteiger partial charge in [-0.1, -0.05) is 24.3 Å². The smallest absolute Gasteiger partial charge is 0.254 e. The number of benzene rings is 2. The van der Waals surface area contributed by atoms with Crippen LogP contribution < -0.4 is 0 Å². The highest BCUT2D eigenvalue weighted by Crippen LogP contribution is 2.25. The monoisotopic (exact) mass is 366 g/mol. The summed E-state index contributed by atoms with van der Waals surface area (Å²) in [5.74, 6) is -1.79. The first-order valence-electron chi connectivity index (χ1n) is 8.82. The van der Waals surface area contributed by atoms with Crippen LogP contribution in [-0.4, -0.2) is 45.2 Å². The number of β-amino-alcohol motifs (C(OH)–C–C–N with tert-alkyl or cyclic N) is 1. The van der Waals surface area contributed by atoms with E-state index in [4.69, 9.17) is 0 Å². The molecular formula is C21H19FN2O3. The van der Waals surface area contributed by atoms with E-state index < -0.39 is 17.7 Å². The summed E-state index contributed by atoms with van der Waals surface area (Å²) >= 11 is 0. The maximum absolute atomic E-state index is 13.2. The second kappa shape index (κ2) is 6.96. The zero-order valence-electron chi connectivity index (χ0n) is 14.5. The molecular weight excluding hydrogens is 347 g/mol. The average molecular weight is 366 g/mol. The lowest BCUT2D eigenvalue weighted by molar-refractivity contribution is 0.0764. The average Bonchev–Trinajstić information content (AvgIpc) is 3.04. The predicted molar refractivity (Wildman–Crippen MR) is 98.9 cm³/mol. The molecule has 0 bridgehead atoms. The first kappa shape index (κ1) is 17.4. The van der Waals surface area contributed by atoms with Crippen molar-refractivity contribution < 1.29 is 19.4 Å². The molecule has 4 rings (SSSR count). The van der Waals surface area contributed by atoms with Crippen molar-refractivity contribution in [2.24, 2.45) is 5.92 Å². The third kappa shape index (κ3) is 3.48. The molecule has 0 radical (unpaired) electrons. The fourth-order valence-corrected chi connectivity index (χ4v) is 3.54. The number of phenols is 1. The third-order valence-corrected chi connectivity index (χ3v) is 5.01. The SMILES string of the molecule is O=C(c1ccc(F)c(O)c1)N1C[C@@H](Cc2ccc3ccccc3n2)[C@H](O)C1. The lowest BCUT2D eigenvalue weighted by Crippen LogP contribution is -2.29. The molecule has 0 aliphatic carbocycles. The second-order valence-corrected chi connectivity index (χ2v) is 6.90. The number of fused-ring (bicyclic) bond motifs is 1. The molecule has 6 heteroatoms. The molecule has 2 aromatic carbocycles. The summed E-state index contributed by atoms with van der Waals surface area (Å²) in [7, 11) is 0. The molecule has 0 saturated carbocycles. The largest absolute Gasteiger partial charge is 0.505 e. The summed E-state index contributed by atoms with van der Waals surface area (Å²) in [6, 6.07) is 15.3. The Kier molecular flexibility index (Phi) is 4.49. The van der Waals surface area contributed by atoms with E-state index in [1.807, 2.05) is 36.4 Å². The minimum Gasteiger partial charge on any atom is -0.505 e. The fraction of sp³-hybridized carbons (Fsp3) is 0.238. The minimum absolute atomic E-state index is 0.128. The molecule has 2 heterocycles. The lowest BCUT2D eigenvalue weighted by Gasteiger charge is -2.16. The number of aliphatic hydroxyl groups excluding tert-OH is 1. The van der Waals surface area contributed by atoms with Gasteiger partial charge in [-0.3, -0.25) is 9.78 Å². The van der Waals surface area contributed by atoms with Crippen molar-refractivity contribution in [3.05, 3.63) is 71.7 Å². The summed E-state index contributed by atoms with van der Waals surface area (Å²) in [6.45, 7) is 0.585. The first-order chi connectivity index (χ1) is 13.0. The van der Waals surface area contributed by atoms with Crippen molar-refractivity contribution in [2.45, 2.75) is 12.5 Å². The van der Waals surface area contributed by atoms with E-state index >= 15 is 0 Å². The minimum atomic E-state index is -0.770. The van der Waals surface area contributed by atoms with Gasteiger partial charge in [-0.15, -0.1) is 0 Å². The van der Waals surface area contributed by atoms with Gasteiger partial charge in [0.05, 0.1) is 11.6 Å². The number of hydrogen-bond acceptors (Lipinski definition) is 4. The number of rotatable bonds is 3. The van der Waals surface area contributed by atoms with Gasteiger partial charge in [0.2, 0.25) is 0 Å². The number of aromatic nitrogens is 1. The van der Waals surface area contributed by atoms with Crippen LogP contribution in [0.3, 0.4) is 0 Å². The Bertz CT molecular complexity index is 1010. The molecule has 27 heavy (non-hydrogen) atoms. The van der Waals surface area contributed by atoms with Crippen molar-refractivity contribution in [3.63, 3.8) is 0 Å². The summed E-state index contributed by atoms with van der Waals surface area (Å²) in [4.78, 5) is 18.8. The third-order valence-electron chi connectivity index (χ3n) is 5.01. The van der Waals surface area contributed by atoms with Gasteiger partial charge in [0.15, 0.2) is 11.6 Å². The van der Waals surface area contributed by atoms with Crippen LogP contribution in [0.5, 0.6) is 5.75 Å². The number of amides is 1. The van der Waals surface area contributed by atoms with E-state index in [-0.39, 0.29) is 23.9 Å². The quantitative estimate of drug-likeness (QED) is 0.748. The van der Waals surface area contributed by atoms with Crippen LogP contribution in [0.4, 0.5) is 4.39 Å². The summed E-state index contributed by atoms with van der Waals surface area (Å²) < 4.78 is 13.2. The van der Waals surface area contributed by atoms with Crippen molar-refractivity contribution in [1.29, 1.82) is 0 Å². The zero-order chi connectivity index (χ0) is 19.0. The Labute approximate surface area is 155 Å². The second-order valence-electron chi connectivity index (χ2n) is 6.90. The van der Waals surface area contributed by atoms with Gasteiger partial charge >= 0.3 is 0 Å². The number of pyridine rings is 1. The number of hydrogen-bond donors (Lipinski definition) is 2. The number of carbonyl (C=O) groups excluding carboxylic acids is 1. The van der Waals surface area contributed by atoms with Gasteiger partial charge in [0.1, 0.15) is 0 Å². The molecule has 138 valence electrons. The number of carbonyl (C=O) groups is 1. The van der Waals surface area contributed by atoms with E-state index in [2.05, 4.69) is 4.98 Å². The van der Waals surface area contributed by atoms with Crippen LogP contribution in [-0.2, 0) is 6.42 Å². The first-order valence-corrected chi connectivity index (χ1v) is 8.82. The zero-order valence-corrected chi connectivity index (χ0v) is 14.5. The molecule has 2 N–H and O–H groups in total. The van der Waals surface area contributed by atoms with E-state index in [0.29, 0.717) is 13.0 Å². The van der Waals surface area contributed by atoms with Gasteiger partial charge < -0.3 is 15.1 Å². The van der Waals surface area contributed by atoms with Crippen LogP contribution in [0, 0.1) is 11.7 Å². The summed E-state index contributed by atoms with van der Waals surface area (Å²) in [5.41, 5.74) is 1.97. The number of likely N-dealkylation sites (tertiary alicyclic amines) is 1. The number of aliphatic hydroxyl groups is 1. The summed E-state index contributed by atoms with van der Waals surface area (Å²) in [5, 5.41) is 20.9. The van der Waals surface area contributed by atoms with Gasteiger partial charge in [0.25, 0.3) is 5.91 Å². The molecule has 3 aromatic rings. The van der Waals surface area contributed by atoms with E-state index in [1.54, 1.807) is 0 Å². The topological polar surface area (TPSA) is 73.7 Å². The predicted octanol–water partition coefficient (Wildman–Crippen LogP) is 2.76. The van der Waals surface area contributed by atoms with Crippen LogP contribution in [0.15, 0.2) is 54.6 Å². The van der Waals surface area contributed by atoms with E-state index in [9.17, 15) is 19.4 Å². The van der Waals surface area contributed by atoms with Gasteiger partial charge in [-0.25, -0.2) is 4.39 Å². The Morgan fingerprint density at radius 2 is 1.96 bits per heavy atom. The fourth-order valence-electron chi connectivity index (χ4n) is 3.54. The highest BCUT2D eigenvalue weighted by Gasteiger charge is 2.34. The molecule has 1 aromatic heterocycles. The highest BCUT2D eigenvalue weighted by atomic mass is 19.1. The highest BCUT2D eigenvalue weighted by molar-refractivity contribution is 5.94. The van der Waals surface area contributed by atoms with Gasteiger partial charge in [-0.2, -0.15) is 0 Å². The summed E-state index contributed by atoms with van der Waals surface area (Å²) in [6.07, 6.45) is -0.0963. The van der Waals surface area contributed by atoms with Crippen LogP contribution in [0.25, 0.3) is 10.9 Å². The van der Waals surface area contributed by atoms with E-state index in [1.165, 1.54) is 11.0 Å². The number of phenolic OH excluding ortho intramolecular Hbond substituents is 1. The number of halogens is 1. The van der Waals surface area contributed by atoms with Crippen LogP contribution >= 0.6 is 0 Å². The molecule has 1 saturated heterocycles. The number of nitrogens with zero attached hydrogens (tertiary/aromatic N) is 2. The molecule has 0 unspecified atom stereocenters. The van der Waals surface area contributed by atoms with Crippen molar-refractivity contribution in [3.8, 4) is 5.75 Å². The normalized spacial score (nSPS) is 19.6. The van der Waals surface area contributed by atoms with E-state index in [0.717, 1.165) is 28.7 Å². The van der Waals surface area contributed by atoms with Gasteiger partial charge in [0, 0.05) is 35.7 Å². The molecule has 1 aliphatic rings. The number of aromatic hydroxyl groups is 1. The lowest BCUT2D eigenvalue weighted by atomic mass is 9.99. The Balaban J connectivity index is 1.48. The maximum Gasteiger partial charge on any atom is 0.254 e. The molecule has 2 atom stereocenters. The number of para-hydroxylation sites is 1. The van der Waals surface area contributed by atoms with Crippen LogP contribution in [0.2, 0.25) is 0 Å². The molecule has 5 nitrogen and oxygen atoms in total. The standard InChI is InChI=1S/C21H19FN2O3/c22-17-8-6-14(10-19(17)25)21(27)24-11-15(20(26)12-24)9-16-7-5-13-3-1-2-4-18(13)23-16/h1-8,10,15,20,25-26H,9,11-12H2/t15-,20-/m1/s1. The molecule has 1 aliphatic heterocycles. The Morgan fingerprint density at radius 1 is 1.15 bits per heavy atom. The molecule has 1 amide bonds. The maximum atomic E-state index is 13.2. The van der Waals surface area contributed by atoms with Gasteiger partial charge in [-0.05, 0) is 36.8 Å². The molecule has 0 spiro atoms. The molecule has 1 fully saturated rings. The van der Waals surface area contributed by atoms with Crippen LogP contribution in [0.1, 0.15) is 16.1 Å². The Hall–Kier alpha value is -2.99. The Morgan fingerprint density at radius 3 is 2.78 bits per heavy atom.